The Labute approximate surface area is 125 Å². The molecular weight excluding hydrogens is 272 g/mol. The minimum atomic E-state index is -0.684. The van der Waals surface area contributed by atoms with Crippen molar-refractivity contribution in [1.82, 2.24) is 4.90 Å². The largest absolute Gasteiger partial charge is 0.491 e. The molecule has 1 aromatic carbocycles. The van der Waals surface area contributed by atoms with Crippen molar-refractivity contribution in [3.05, 3.63) is 29.8 Å². The van der Waals surface area contributed by atoms with Gasteiger partial charge in [0.15, 0.2) is 0 Å². The standard InChI is InChI=1S/C15H24N2O4/c1-3-17(10-15(19)20-2)9-13(18)11-21-14-6-4-5-12(7-14)8-16/h4-7,13,18H,3,8-11,16H2,1-2H3. The Hall–Kier alpha value is -1.63. The van der Waals surface area contributed by atoms with E-state index >= 15 is 0 Å². The summed E-state index contributed by atoms with van der Waals surface area (Å²) in [5.41, 5.74) is 6.54. The van der Waals surface area contributed by atoms with Crippen LogP contribution in [0.15, 0.2) is 24.3 Å². The lowest BCUT2D eigenvalue weighted by Crippen LogP contribution is -2.38. The van der Waals surface area contributed by atoms with E-state index in [0.717, 1.165) is 5.56 Å². The van der Waals surface area contributed by atoms with E-state index in [9.17, 15) is 9.90 Å². The molecule has 0 aliphatic carbocycles. The number of ether oxygens (including phenoxy) is 2. The van der Waals surface area contributed by atoms with Gasteiger partial charge in [-0.2, -0.15) is 0 Å². The molecule has 1 unspecified atom stereocenters. The van der Waals surface area contributed by atoms with Gasteiger partial charge in [0.1, 0.15) is 18.5 Å². The Bertz CT molecular complexity index is 439. The molecule has 0 amide bonds. The van der Waals surface area contributed by atoms with Gasteiger partial charge in [-0.1, -0.05) is 19.1 Å². The molecular formula is C15H24N2O4. The van der Waals surface area contributed by atoms with Crippen LogP contribution in [0.2, 0.25) is 0 Å². The number of benzene rings is 1. The summed E-state index contributed by atoms with van der Waals surface area (Å²) in [4.78, 5) is 13.0. The highest BCUT2D eigenvalue weighted by molar-refractivity contribution is 5.71. The molecule has 0 saturated carbocycles. The zero-order valence-corrected chi connectivity index (χ0v) is 12.6. The second-order valence-corrected chi connectivity index (χ2v) is 4.72. The molecule has 0 spiro atoms. The molecule has 0 radical (unpaired) electrons. The molecule has 6 nitrogen and oxygen atoms in total. The molecule has 1 atom stereocenters. The van der Waals surface area contributed by atoms with Crippen molar-refractivity contribution in [2.45, 2.75) is 19.6 Å². The van der Waals surface area contributed by atoms with Crippen LogP contribution in [-0.4, -0.2) is 55.4 Å². The normalized spacial score (nSPS) is 12.2. The fourth-order valence-electron chi connectivity index (χ4n) is 1.86. The average Bonchev–Trinajstić information content (AvgIpc) is 2.52. The Morgan fingerprint density at radius 2 is 2.24 bits per heavy atom. The molecule has 0 fully saturated rings. The fourth-order valence-corrected chi connectivity index (χ4v) is 1.86. The van der Waals surface area contributed by atoms with Gasteiger partial charge in [-0.3, -0.25) is 9.69 Å². The van der Waals surface area contributed by atoms with Crippen LogP contribution in [0.1, 0.15) is 12.5 Å². The quantitative estimate of drug-likeness (QED) is 0.641. The lowest BCUT2D eigenvalue weighted by Gasteiger charge is -2.22. The Morgan fingerprint density at radius 1 is 1.48 bits per heavy atom. The van der Waals surface area contributed by atoms with Gasteiger partial charge >= 0.3 is 5.97 Å². The lowest BCUT2D eigenvalue weighted by molar-refractivity contribution is -0.142. The second kappa shape index (κ2) is 9.33. The van der Waals surface area contributed by atoms with Gasteiger partial charge in [-0.15, -0.1) is 0 Å². The van der Waals surface area contributed by atoms with Crippen LogP contribution in [0.3, 0.4) is 0 Å². The summed E-state index contributed by atoms with van der Waals surface area (Å²) in [6, 6.07) is 7.44. The highest BCUT2D eigenvalue weighted by Gasteiger charge is 2.14. The highest BCUT2D eigenvalue weighted by atomic mass is 16.5. The highest BCUT2D eigenvalue weighted by Crippen LogP contribution is 2.13. The van der Waals surface area contributed by atoms with Gasteiger partial charge in [-0.05, 0) is 24.2 Å². The molecule has 0 aromatic heterocycles. The third kappa shape index (κ3) is 6.57. The van der Waals surface area contributed by atoms with Crippen LogP contribution in [-0.2, 0) is 16.1 Å². The smallest absolute Gasteiger partial charge is 0.319 e. The number of carbonyl (C=O) groups is 1. The van der Waals surface area contributed by atoms with Crippen molar-refractivity contribution in [3.8, 4) is 5.75 Å². The van der Waals surface area contributed by atoms with E-state index in [1.165, 1.54) is 7.11 Å². The second-order valence-electron chi connectivity index (χ2n) is 4.72. The van der Waals surface area contributed by atoms with Crippen LogP contribution in [0.4, 0.5) is 0 Å². The maximum Gasteiger partial charge on any atom is 0.319 e. The molecule has 0 bridgehead atoms. The number of aliphatic hydroxyl groups is 1. The number of carbonyl (C=O) groups excluding carboxylic acids is 1. The summed E-state index contributed by atoms with van der Waals surface area (Å²) in [6.07, 6.45) is -0.684. The summed E-state index contributed by atoms with van der Waals surface area (Å²) in [6.45, 7) is 3.68. The van der Waals surface area contributed by atoms with Crippen LogP contribution < -0.4 is 10.5 Å². The van der Waals surface area contributed by atoms with E-state index in [0.29, 0.717) is 25.4 Å². The first-order chi connectivity index (χ1) is 10.1. The number of hydrogen-bond acceptors (Lipinski definition) is 6. The van der Waals surface area contributed by atoms with Gasteiger partial charge in [0, 0.05) is 13.1 Å². The van der Waals surface area contributed by atoms with Gasteiger partial charge in [0.05, 0.1) is 13.7 Å². The maximum absolute atomic E-state index is 11.2. The number of nitrogens with zero attached hydrogens (tertiary/aromatic N) is 1. The van der Waals surface area contributed by atoms with E-state index in [-0.39, 0.29) is 19.1 Å². The number of methoxy groups -OCH3 is 1. The number of nitrogens with two attached hydrogens (primary N) is 1. The molecule has 3 N–H and O–H groups in total. The number of esters is 1. The van der Waals surface area contributed by atoms with Crippen molar-refractivity contribution in [1.29, 1.82) is 0 Å². The summed E-state index contributed by atoms with van der Waals surface area (Å²) in [5.74, 6) is 0.355. The first-order valence-electron chi connectivity index (χ1n) is 6.98. The Morgan fingerprint density at radius 3 is 2.86 bits per heavy atom. The minimum Gasteiger partial charge on any atom is -0.491 e. The van der Waals surface area contributed by atoms with E-state index in [4.69, 9.17) is 10.5 Å². The van der Waals surface area contributed by atoms with Crippen molar-refractivity contribution in [3.63, 3.8) is 0 Å². The van der Waals surface area contributed by atoms with Crippen molar-refractivity contribution >= 4 is 5.97 Å². The summed E-state index contributed by atoms with van der Waals surface area (Å²) < 4.78 is 10.2. The SMILES string of the molecule is CCN(CC(=O)OC)CC(O)COc1cccc(CN)c1. The predicted molar refractivity (Wildman–Crippen MR) is 80.0 cm³/mol. The van der Waals surface area contributed by atoms with Crippen molar-refractivity contribution < 1.29 is 19.4 Å². The van der Waals surface area contributed by atoms with Crippen LogP contribution in [0.5, 0.6) is 5.75 Å². The number of rotatable bonds is 9. The van der Waals surface area contributed by atoms with Crippen molar-refractivity contribution in [2.24, 2.45) is 5.73 Å². The minimum absolute atomic E-state index is 0.158. The first kappa shape index (κ1) is 17.4. The van der Waals surface area contributed by atoms with E-state index in [1.807, 2.05) is 31.2 Å². The van der Waals surface area contributed by atoms with Crippen molar-refractivity contribution in [2.75, 3.05) is 33.4 Å². The van der Waals surface area contributed by atoms with E-state index in [1.54, 1.807) is 4.90 Å². The van der Waals surface area contributed by atoms with Crippen LogP contribution in [0, 0.1) is 0 Å². The lowest BCUT2D eigenvalue weighted by atomic mass is 10.2. The number of likely N-dealkylation sites (N-methyl/N-ethyl adjacent to an activating group) is 1. The Balaban J connectivity index is 2.41. The average molecular weight is 296 g/mol. The summed E-state index contributed by atoms with van der Waals surface area (Å²) >= 11 is 0. The monoisotopic (exact) mass is 296 g/mol. The maximum atomic E-state index is 11.2. The van der Waals surface area contributed by atoms with Gasteiger partial charge in [0.25, 0.3) is 0 Å². The van der Waals surface area contributed by atoms with Gasteiger partial charge in [-0.25, -0.2) is 0 Å². The first-order valence-corrected chi connectivity index (χ1v) is 6.98. The van der Waals surface area contributed by atoms with Gasteiger partial charge < -0.3 is 20.3 Å². The molecule has 118 valence electrons. The third-order valence-electron chi connectivity index (χ3n) is 3.07. The third-order valence-corrected chi connectivity index (χ3v) is 3.07. The Kier molecular flexibility index (Phi) is 7.74. The molecule has 21 heavy (non-hydrogen) atoms. The molecule has 1 rings (SSSR count). The van der Waals surface area contributed by atoms with Crippen LogP contribution >= 0.6 is 0 Å². The topological polar surface area (TPSA) is 85.0 Å². The van der Waals surface area contributed by atoms with E-state index < -0.39 is 6.10 Å². The summed E-state index contributed by atoms with van der Waals surface area (Å²) in [5, 5.41) is 9.98. The molecule has 6 heteroatoms. The van der Waals surface area contributed by atoms with Crippen LogP contribution in [0.25, 0.3) is 0 Å². The molecule has 0 aliphatic rings. The number of hydrogen-bond donors (Lipinski definition) is 2. The molecule has 1 aromatic rings. The molecule has 0 saturated heterocycles. The predicted octanol–water partition coefficient (Wildman–Crippen LogP) is 0.380. The van der Waals surface area contributed by atoms with E-state index in [2.05, 4.69) is 4.74 Å². The molecule has 0 heterocycles. The zero-order chi connectivity index (χ0) is 15.7. The summed E-state index contributed by atoms with van der Waals surface area (Å²) in [7, 11) is 1.35. The zero-order valence-electron chi connectivity index (χ0n) is 12.6. The molecule has 0 aliphatic heterocycles. The fraction of sp³-hybridized carbons (Fsp3) is 0.533. The van der Waals surface area contributed by atoms with Gasteiger partial charge in [0.2, 0.25) is 0 Å². The number of aliphatic hydroxyl groups excluding tert-OH is 1.